The Morgan fingerprint density at radius 2 is 0.820 bits per heavy atom. The van der Waals surface area contributed by atoms with Gasteiger partial charge in [-0.25, -0.2) is 86.6 Å². The summed E-state index contributed by atoms with van der Waals surface area (Å²) < 4.78 is 75.2. The molecule has 19 heterocycles. The van der Waals surface area contributed by atoms with E-state index in [4.69, 9.17) is 9.15 Å². The highest BCUT2D eigenvalue weighted by Gasteiger charge is 2.25. The number of nitrogens with zero attached hydrogens (tertiary/aromatic N) is 34. The topological polar surface area (TPSA) is 439 Å². The van der Waals surface area contributed by atoms with Gasteiger partial charge in [-0.15, -0.1) is 0 Å². The summed E-state index contributed by atoms with van der Waals surface area (Å²) in [4.78, 5) is 57.0. The minimum atomic E-state index is -3.63. The number of imidazole rings is 6. The van der Waals surface area contributed by atoms with Crippen LogP contribution in [0.5, 0.6) is 5.75 Å². The fourth-order valence-electron chi connectivity index (χ4n) is 15.4. The molecule has 0 aliphatic carbocycles. The molecule has 45 heteroatoms. The molecular formula is C94H84FN39O4S. The Hall–Kier alpha value is -19.1. The van der Waals surface area contributed by atoms with E-state index in [2.05, 4.69) is 139 Å². The van der Waals surface area contributed by atoms with Crippen molar-refractivity contribution in [1.29, 1.82) is 0 Å². The van der Waals surface area contributed by atoms with Crippen molar-refractivity contribution in [3.63, 3.8) is 0 Å². The molecule has 0 atom stereocenters. The first-order valence-electron chi connectivity index (χ1n) is 42.8. The summed E-state index contributed by atoms with van der Waals surface area (Å²) in [5.41, 5.74) is 21.4. The van der Waals surface area contributed by atoms with Crippen molar-refractivity contribution < 1.29 is 22.0 Å². The molecule has 0 spiro atoms. The van der Waals surface area contributed by atoms with Crippen LogP contribution in [0.1, 0.15) is 5.56 Å². The number of ether oxygens (including phenoxy) is 1. The molecule has 24 aromatic rings. The van der Waals surface area contributed by atoms with E-state index in [1.165, 1.54) is 62.6 Å². The number of benzene rings is 5. The van der Waals surface area contributed by atoms with Crippen molar-refractivity contribution in [3.05, 3.63) is 319 Å². The molecule has 0 fully saturated rings. The zero-order valence-corrected chi connectivity index (χ0v) is 76.5. The second-order valence-corrected chi connectivity index (χ2v) is 33.9. The lowest BCUT2D eigenvalue weighted by molar-refractivity contribution is 0.400. The number of halogens is 1. The zero-order chi connectivity index (χ0) is 95.4. The van der Waals surface area contributed by atoms with Crippen LogP contribution in [0.4, 0.5) is 61.9 Å². The van der Waals surface area contributed by atoms with Gasteiger partial charge in [-0.2, -0.15) is 35.7 Å². The summed E-state index contributed by atoms with van der Waals surface area (Å²) in [6, 6.07) is 33.6. The number of sulfonamides is 1. The van der Waals surface area contributed by atoms with Crippen LogP contribution in [0, 0.1) is 5.82 Å². The number of rotatable bonds is 22. The molecular weight excluding hydrogens is 1790 g/mol. The molecule has 139 heavy (non-hydrogen) atoms. The fourth-order valence-corrected chi connectivity index (χ4v) is 16.4. The first-order chi connectivity index (χ1) is 67.7. The number of methoxy groups -OCH3 is 1. The molecule has 43 nitrogen and oxygen atoms in total. The van der Waals surface area contributed by atoms with E-state index in [0.717, 1.165) is 118 Å². The number of hydrogen-bond donors (Lipinski definition) is 5. The van der Waals surface area contributed by atoms with Crippen LogP contribution in [0.15, 0.2) is 317 Å². The molecule has 0 saturated carbocycles. The number of aryl methyl sites for hydroxylation is 6. The molecule has 5 N–H and O–H groups in total. The molecule has 5 aromatic carbocycles. The van der Waals surface area contributed by atoms with Crippen LogP contribution < -0.4 is 31.3 Å². The molecule has 692 valence electrons. The summed E-state index contributed by atoms with van der Waals surface area (Å²) in [6.45, 7) is 0.746. The second-order valence-electron chi connectivity index (χ2n) is 31.8. The lowest BCUT2D eigenvalue weighted by Gasteiger charge is -2.16. The molecule has 24 rings (SSSR count). The minimum Gasteiger partial charge on any atom is -0.495 e. The second kappa shape index (κ2) is 37.9. The van der Waals surface area contributed by atoms with E-state index in [9.17, 15) is 12.8 Å². The van der Waals surface area contributed by atoms with E-state index in [1.807, 2.05) is 246 Å². The van der Waals surface area contributed by atoms with Gasteiger partial charge in [0.2, 0.25) is 10.0 Å². The van der Waals surface area contributed by atoms with Gasteiger partial charge < -0.3 is 40.3 Å². The Morgan fingerprint density at radius 1 is 0.396 bits per heavy atom. The molecule has 0 saturated heterocycles. The standard InChI is InChI=1S/C20H18N8.C19H21N7O3S.C19H15N7O.C18H14FN9.C18H16N8/c1-26-14-16(11-24-26)18-12-22-20-19(21-8-10-28(18)20)25-17-5-3-15(4-6-17)13-27-9-2-7-23-27;1-24(2)30(27,28)17-6-5-14(9-16(17)29-4)23-18-19-21-11-15(26(19)8-7-20-18)13-10-22-25(3)12-13;1-25-11-14(8-23-25)16-9-22-19-18(21-5-6-26(16)19)24-15-4-2-3-13(7-15)17-10-20-12-27-17;1-26-9-12(7-23-26)16-8-22-18-17(21-4-5-27(16)18)25-13-2-3-15(14(19)6-13)28-11-20-10-24-28;1-24-11-21-14-7-13(3-4-15(14)24)23-17-18-20-9-16(26(18)6-5-19-17)12-8-22-25(2)10-12/h2-12,14H,13H2,1H3,(H,21,25);5-12H,1-4H3,(H,20,23);2-12H,1H3,(H,21,24);2-11H,1H3,(H,21,25);3-11H,1-2H3,(H,19,23). The normalized spacial score (nSPS) is 11.4. The van der Waals surface area contributed by atoms with E-state index in [0.29, 0.717) is 63.2 Å². The number of oxazole rings is 1. The van der Waals surface area contributed by atoms with Gasteiger partial charge in [0.1, 0.15) is 29.0 Å². The Kier molecular flexibility index (Phi) is 24.0. The van der Waals surface area contributed by atoms with Crippen molar-refractivity contribution in [1.82, 2.24) is 164 Å². The SMILES string of the molecule is COc1cc(Nc2nccn3c(-c4cnn(C)c4)cnc23)ccc1S(=O)(=O)N(C)C.Cn1cc(-c2cnc3c(Nc4ccc(-n5cncn5)c(F)c4)nccn23)cn1.Cn1cc(-c2cnc3c(Nc4ccc(Cn5cccn5)cc4)nccn23)cn1.Cn1cc(-c2cnc3c(Nc4ccc5c(c4)ncn5C)nccn23)cn1.Cn1cc(-c2cnc3c(Nc4cccc(-c5cnco5)c4)nccn23)cn1. The van der Waals surface area contributed by atoms with Crippen molar-refractivity contribution in [2.45, 2.75) is 11.4 Å². The van der Waals surface area contributed by atoms with Gasteiger partial charge in [-0.1, -0.05) is 24.3 Å². The van der Waals surface area contributed by atoms with Gasteiger partial charge in [0.05, 0.1) is 128 Å². The molecule has 0 aliphatic rings. The van der Waals surface area contributed by atoms with Crippen LogP contribution >= 0.6 is 0 Å². The highest BCUT2D eigenvalue weighted by atomic mass is 32.2. The highest BCUT2D eigenvalue weighted by Crippen LogP contribution is 2.36. The fraction of sp³-hybridized carbons (Fsp3) is 0.106. The molecule has 0 radical (unpaired) electrons. The average molecular weight is 1880 g/mol. The van der Waals surface area contributed by atoms with Gasteiger partial charge in [-0.05, 0) is 84.4 Å². The molecule has 0 bridgehead atoms. The van der Waals surface area contributed by atoms with Gasteiger partial charge in [-0.3, -0.25) is 50.1 Å². The third-order valence-electron chi connectivity index (χ3n) is 22.2. The summed E-state index contributed by atoms with van der Waals surface area (Å²) in [6.07, 6.45) is 57.1. The zero-order valence-electron chi connectivity index (χ0n) is 75.7. The lowest BCUT2D eigenvalue weighted by atomic mass is 10.1. The number of nitrogens with one attached hydrogen (secondary N) is 5. The lowest BCUT2D eigenvalue weighted by Crippen LogP contribution is -2.22. The first-order valence-corrected chi connectivity index (χ1v) is 44.3. The third-order valence-corrected chi connectivity index (χ3v) is 24.0. The van der Waals surface area contributed by atoms with E-state index in [-0.39, 0.29) is 10.6 Å². The predicted molar refractivity (Wildman–Crippen MR) is 518 cm³/mol. The summed E-state index contributed by atoms with van der Waals surface area (Å²) in [7, 11) is 12.1. The molecule has 19 aromatic heterocycles. The van der Waals surface area contributed by atoms with Gasteiger partial charge in [0.15, 0.2) is 75.3 Å². The number of hydrogen-bond acceptors (Lipinski definition) is 29. The van der Waals surface area contributed by atoms with Crippen molar-refractivity contribution in [3.8, 4) is 79.0 Å². The van der Waals surface area contributed by atoms with Crippen LogP contribution in [-0.2, 0) is 58.9 Å². The highest BCUT2D eigenvalue weighted by molar-refractivity contribution is 7.89. The third kappa shape index (κ3) is 18.6. The monoisotopic (exact) mass is 1870 g/mol. The van der Waals surface area contributed by atoms with Crippen LogP contribution in [0.3, 0.4) is 0 Å². The van der Waals surface area contributed by atoms with Gasteiger partial charge >= 0.3 is 0 Å². The van der Waals surface area contributed by atoms with Crippen molar-refractivity contribution >= 4 is 107 Å². The largest absolute Gasteiger partial charge is 0.495 e. The first kappa shape index (κ1) is 87.9. The van der Waals surface area contributed by atoms with Crippen LogP contribution in [0.2, 0.25) is 0 Å². The average Bonchev–Trinajstić information content (AvgIpc) is 1.69. The summed E-state index contributed by atoms with van der Waals surface area (Å²) in [5, 5.41) is 45.7. The van der Waals surface area contributed by atoms with Gasteiger partial charge in [0, 0.05) is 230 Å². The summed E-state index contributed by atoms with van der Waals surface area (Å²) >= 11 is 0. The molecule has 0 aliphatic heterocycles. The molecule has 0 unspecified atom stereocenters. The number of aromatic nitrogens is 33. The van der Waals surface area contributed by atoms with E-state index >= 15 is 0 Å². The quantitative estimate of drug-likeness (QED) is 0.0421. The van der Waals surface area contributed by atoms with E-state index < -0.39 is 15.8 Å². The van der Waals surface area contributed by atoms with Gasteiger partial charge in [0.25, 0.3) is 0 Å². The maximum absolute atomic E-state index is 14.5. The Bertz CT molecular complexity index is 8590. The molecule has 0 amide bonds. The summed E-state index contributed by atoms with van der Waals surface area (Å²) in [5.74, 6) is 3.63. The maximum Gasteiger partial charge on any atom is 0.246 e. The van der Waals surface area contributed by atoms with E-state index in [1.54, 1.807) is 116 Å². The predicted octanol–water partition coefficient (Wildman–Crippen LogP) is 14.1. The van der Waals surface area contributed by atoms with Crippen LogP contribution in [0.25, 0.3) is 113 Å². The maximum atomic E-state index is 14.5. The Labute approximate surface area is 788 Å². The Balaban J connectivity index is 0.000000107. The smallest absolute Gasteiger partial charge is 0.246 e. The number of anilines is 10. The number of fused-ring (bicyclic) bond motifs is 6. The van der Waals surface area contributed by atoms with Crippen LogP contribution in [-0.4, -0.2) is 194 Å². The van der Waals surface area contributed by atoms with Crippen molar-refractivity contribution in [2.75, 3.05) is 47.8 Å². The van der Waals surface area contributed by atoms with Crippen molar-refractivity contribution in [2.24, 2.45) is 42.3 Å². The minimum absolute atomic E-state index is 0.0893. The Morgan fingerprint density at radius 3 is 1.22 bits per heavy atom.